The number of aromatic carboxylic acids is 2. The zero-order chi connectivity index (χ0) is 37.7. The number of nitrogens with zero attached hydrogens (tertiary/aromatic N) is 1. The van der Waals surface area contributed by atoms with E-state index in [1.165, 1.54) is 36.3 Å². The van der Waals surface area contributed by atoms with Gasteiger partial charge in [0.2, 0.25) is 0 Å². The second-order valence-corrected chi connectivity index (χ2v) is 13.9. The first-order chi connectivity index (χ1) is 25.4. The standard InChI is InChI=1S/C40H34N2O10S/c1-51-27-17-19-30(20-18-27)53(49,50)41-37(43)32-22-33(35(40(47)48)23-34(32)39(45)46)38(44)42(36-16-8-11-26-10-5-6-15-31(26)36)24-25-9-7-14-29(21-25)52-28-12-3-2-4-13-28/h2-7,9-10,12-15,17-23,36H,8,11,16,24H2,1H3,(H,41,43)(H,45,46)(H,47,48)/t36-/m0/s1. The number of rotatable bonds is 12. The normalized spacial score (nSPS) is 13.6. The van der Waals surface area contributed by atoms with E-state index in [4.69, 9.17) is 9.47 Å². The fourth-order valence-corrected chi connectivity index (χ4v) is 7.33. The Kier molecular flexibility index (Phi) is 10.6. The number of methoxy groups -OCH3 is 1. The minimum atomic E-state index is -4.54. The molecule has 0 heterocycles. The van der Waals surface area contributed by atoms with Crippen molar-refractivity contribution in [3.8, 4) is 17.2 Å². The number of fused-ring (bicyclic) bond motifs is 1. The van der Waals surface area contributed by atoms with Gasteiger partial charge in [0.15, 0.2) is 0 Å². The second kappa shape index (κ2) is 15.4. The molecule has 0 unspecified atom stereocenters. The molecule has 53 heavy (non-hydrogen) atoms. The van der Waals surface area contributed by atoms with Crippen LogP contribution in [0, 0.1) is 0 Å². The number of benzene rings is 5. The number of amides is 2. The summed E-state index contributed by atoms with van der Waals surface area (Å²) < 4.78 is 39.3. The van der Waals surface area contributed by atoms with E-state index in [0.717, 1.165) is 30.0 Å². The topological polar surface area (TPSA) is 177 Å². The third-order valence-corrected chi connectivity index (χ3v) is 10.2. The van der Waals surface area contributed by atoms with Crippen LogP contribution in [0.15, 0.2) is 120 Å². The molecule has 0 aliphatic heterocycles. The number of sulfonamides is 1. The van der Waals surface area contributed by atoms with Gasteiger partial charge in [0.1, 0.15) is 17.2 Å². The average molecular weight is 735 g/mol. The maximum Gasteiger partial charge on any atom is 0.336 e. The summed E-state index contributed by atoms with van der Waals surface area (Å²) in [5.41, 5.74) is -0.145. The van der Waals surface area contributed by atoms with Gasteiger partial charge in [-0.25, -0.2) is 22.7 Å². The molecule has 0 saturated heterocycles. The van der Waals surface area contributed by atoms with E-state index in [9.17, 15) is 37.8 Å². The molecule has 5 aromatic carbocycles. The Morgan fingerprint density at radius 1 is 0.736 bits per heavy atom. The van der Waals surface area contributed by atoms with Gasteiger partial charge in [0.25, 0.3) is 21.8 Å². The summed E-state index contributed by atoms with van der Waals surface area (Å²) >= 11 is 0. The van der Waals surface area contributed by atoms with Crippen LogP contribution in [-0.4, -0.2) is 54.4 Å². The van der Waals surface area contributed by atoms with Crippen LogP contribution in [0.3, 0.4) is 0 Å². The summed E-state index contributed by atoms with van der Waals surface area (Å²) in [7, 11) is -3.15. The van der Waals surface area contributed by atoms with Crippen molar-refractivity contribution in [1.82, 2.24) is 9.62 Å². The van der Waals surface area contributed by atoms with Crippen molar-refractivity contribution < 1.29 is 47.3 Å². The molecule has 6 rings (SSSR count). The van der Waals surface area contributed by atoms with Crippen LogP contribution >= 0.6 is 0 Å². The highest BCUT2D eigenvalue weighted by Gasteiger charge is 2.34. The molecule has 12 nitrogen and oxygen atoms in total. The highest BCUT2D eigenvalue weighted by Crippen LogP contribution is 2.37. The first kappa shape index (κ1) is 36.3. The molecule has 13 heteroatoms. The number of carboxylic acid groups (broad SMARTS) is 2. The smallest absolute Gasteiger partial charge is 0.336 e. The predicted molar refractivity (Wildman–Crippen MR) is 193 cm³/mol. The quantitative estimate of drug-likeness (QED) is 0.125. The predicted octanol–water partition coefficient (Wildman–Crippen LogP) is 6.72. The molecular weight excluding hydrogens is 701 g/mol. The lowest BCUT2D eigenvalue weighted by molar-refractivity contribution is 0.0613. The molecule has 5 aromatic rings. The lowest BCUT2D eigenvalue weighted by atomic mass is 9.86. The Morgan fingerprint density at radius 2 is 1.38 bits per heavy atom. The Hall–Kier alpha value is -6.47. The lowest BCUT2D eigenvalue weighted by Crippen LogP contribution is -2.38. The number of hydrogen-bond acceptors (Lipinski definition) is 8. The Bertz CT molecular complexity index is 2310. The van der Waals surface area contributed by atoms with Gasteiger partial charge in [0.05, 0.1) is 40.3 Å². The van der Waals surface area contributed by atoms with E-state index in [1.807, 2.05) is 47.2 Å². The van der Waals surface area contributed by atoms with Crippen molar-refractivity contribution in [3.63, 3.8) is 0 Å². The maximum absolute atomic E-state index is 14.8. The fraction of sp³-hybridized carbons (Fsp3) is 0.150. The zero-order valence-electron chi connectivity index (χ0n) is 28.4. The molecule has 0 saturated carbocycles. The molecule has 1 aliphatic rings. The maximum atomic E-state index is 14.8. The minimum absolute atomic E-state index is 0.0169. The zero-order valence-corrected chi connectivity index (χ0v) is 29.2. The van der Waals surface area contributed by atoms with Crippen LogP contribution in [0.1, 0.15) is 77.0 Å². The largest absolute Gasteiger partial charge is 0.497 e. The number of ether oxygens (including phenoxy) is 2. The summed E-state index contributed by atoms with van der Waals surface area (Å²) in [5, 5.41) is 20.3. The Balaban J connectivity index is 1.43. The van der Waals surface area contributed by atoms with E-state index in [1.54, 1.807) is 36.4 Å². The molecule has 0 spiro atoms. The number of carboxylic acids is 2. The van der Waals surface area contributed by atoms with Crippen molar-refractivity contribution >= 4 is 33.8 Å². The summed E-state index contributed by atoms with van der Waals surface area (Å²) in [6.07, 6.45) is 2.03. The summed E-state index contributed by atoms with van der Waals surface area (Å²) in [6, 6.07) is 29.9. The van der Waals surface area contributed by atoms with Gasteiger partial charge in [-0.3, -0.25) is 9.59 Å². The molecule has 3 N–H and O–H groups in total. The fourth-order valence-electron chi connectivity index (χ4n) is 6.37. The van der Waals surface area contributed by atoms with Crippen LogP contribution in [0.2, 0.25) is 0 Å². The van der Waals surface area contributed by atoms with Crippen LogP contribution in [0.4, 0.5) is 0 Å². The highest BCUT2D eigenvalue weighted by molar-refractivity contribution is 7.90. The third kappa shape index (κ3) is 8.05. The molecule has 2 amide bonds. The van der Waals surface area contributed by atoms with Gasteiger partial charge in [0, 0.05) is 6.54 Å². The summed E-state index contributed by atoms with van der Waals surface area (Å²) in [4.78, 5) is 54.6. The number of para-hydroxylation sites is 1. The van der Waals surface area contributed by atoms with Gasteiger partial charge < -0.3 is 24.6 Å². The SMILES string of the molecule is COc1ccc(S(=O)(=O)NC(=O)c2cc(C(=O)N(Cc3cccc(Oc4ccccc4)c3)[C@H]3CCCc4ccccc43)c(C(=O)O)cc2C(=O)O)cc1. The molecule has 1 atom stereocenters. The molecular formula is C40H34N2O10S. The second-order valence-electron chi connectivity index (χ2n) is 12.3. The van der Waals surface area contributed by atoms with Crippen molar-refractivity contribution in [2.45, 2.75) is 36.7 Å². The summed E-state index contributed by atoms with van der Waals surface area (Å²) in [6.45, 7) is -0.0169. The van der Waals surface area contributed by atoms with Gasteiger partial charge in [-0.15, -0.1) is 0 Å². The number of carbonyl (C=O) groups excluding carboxylic acids is 2. The van der Waals surface area contributed by atoms with E-state index in [-0.39, 0.29) is 11.4 Å². The van der Waals surface area contributed by atoms with E-state index in [2.05, 4.69) is 0 Å². The molecule has 0 aromatic heterocycles. The van der Waals surface area contributed by atoms with E-state index >= 15 is 0 Å². The Labute approximate surface area is 305 Å². The molecule has 0 fully saturated rings. The molecule has 1 aliphatic carbocycles. The average Bonchev–Trinajstić information content (AvgIpc) is 3.16. The minimum Gasteiger partial charge on any atom is -0.497 e. The molecule has 270 valence electrons. The molecule has 0 bridgehead atoms. The van der Waals surface area contributed by atoms with Crippen molar-refractivity contribution in [3.05, 3.63) is 154 Å². The lowest BCUT2D eigenvalue weighted by Gasteiger charge is -2.36. The highest BCUT2D eigenvalue weighted by atomic mass is 32.2. The number of aryl methyl sites for hydroxylation is 1. The Morgan fingerprint density at radius 3 is 2.08 bits per heavy atom. The van der Waals surface area contributed by atoms with Crippen molar-refractivity contribution in [2.75, 3.05) is 7.11 Å². The van der Waals surface area contributed by atoms with Gasteiger partial charge in [-0.2, -0.15) is 0 Å². The number of carbonyl (C=O) groups is 4. The van der Waals surface area contributed by atoms with Crippen LogP contribution in [-0.2, 0) is 23.0 Å². The van der Waals surface area contributed by atoms with Gasteiger partial charge >= 0.3 is 11.9 Å². The van der Waals surface area contributed by atoms with Crippen molar-refractivity contribution in [2.24, 2.45) is 0 Å². The third-order valence-electron chi connectivity index (χ3n) is 8.90. The first-order valence-electron chi connectivity index (χ1n) is 16.5. The number of hydrogen-bond donors (Lipinski definition) is 3. The van der Waals surface area contributed by atoms with Crippen LogP contribution < -0.4 is 14.2 Å². The van der Waals surface area contributed by atoms with Crippen LogP contribution in [0.25, 0.3) is 0 Å². The van der Waals surface area contributed by atoms with Crippen molar-refractivity contribution in [1.29, 1.82) is 0 Å². The van der Waals surface area contributed by atoms with Crippen LogP contribution in [0.5, 0.6) is 17.2 Å². The monoisotopic (exact) mass is 734 g/mol. The summed E-state index contributed by atoms with van der Waals surface area (Å²) in [5.74, 6) is -4.03. The number of nitrogens with one attached hydrogen (secondary N) is 1. The van der Waals surface area contributed by atoms with E-state index in [0.29, 0.717) is 35.3 Å². The first-order valence-corrected chi connectivity index (χ1v) is 18.0. The molecule has 0 radical (unpaired) electrons. The van der Waals surface area contributed by atoms with E-state index < -0.39 is 62.1 Å². The van der Waals surface area contributed by atoms with Gasteiger partial charge in [-0.1, -0.05) is 54.6 Å². The van der Waals surface area contributed by atoms with Gasteiger partial charge in [-0.05, 0) is 96.6 Å².